The van der Waals surface area contributed by atoms with Gasteiger partial charge in [0, 0.05) is 6.20 Å². The standard InChI is InChI=1S/C11H11ClN2O5S/c1-5(2)9-10(20(17,18)19)14-4-7(12)6(11(15)16)3-8(14)13-9/h3-5H,1-2H3,(H,15,16)(H,17,18,19). The summed E-state index contributed by atoms with van der Waals surface area (Å²) in [6.45, 7) is 3.41. The number of imidazole rings is 1. The highest BCUT2D eigenvalue weighted by Gasteiger charge is 2.26. The zero-order chi connectivity index (χ0) is 15.2. The summed E-state index contributed by atoms with van der Waals surface area (Å²) < 4.78 is 33.4. The Hall–Kier alpha value is -1.64. The fourth-order valence-electron chi connectivity index (χ4n) is 1.86. The van der Waals surface area contributed by atoms with Crippen LogP contribution >= 0.6 is 11.6 Å². The molecule has 7 nitrogen and oxygen atoms in total. The van der Waals surface area contributed by atoms with Crippen LogP contribution in [0, 0.1) is 0 Å². The summed E-state index contributed by atoms with van der Waals surface area (Å²) >= 11 is 5.80. The van der Waals surface area contributed by atoms with Gasteiger partial charge >= 0.3 is 16.1 Å². The van der Waals surface area contributed by atoms with E-state index >= 15 is 0 Å². The zero-order valence-corrected chi connectivity index (χ0v) is 12.1. The number of carboxylic acids is 1. The molecule has 0 aliphatic heterocycles. The second-order valence-electron chi connectivity index (χ2n) is 4.50. The number of hydrogen-bond donors (Lipinski definition) is 2. The number of nitrogens with zero attached hydrogens (tertiary/aromatic N) is 2. The monoisotopic (exact) mass is 318 g/mol. The smallest absolute Gasteiger partial charge is 0.337 e. The minimum absolute atomic E-state index is 0.0862. The molecule has 0 fully saturated rings. The predicted molar refractivity (Wildman–Crippen MR) is 71.1 cm³/mol. The number of halogens is 1. The molecule has 0 unspecified atom stereocenters. The van der Waals surface area contributed by atoms with Gasteiger partial charge in [0.1, 0.15) is 5.65 Å². The molecular formula is C11H11ClN2O5S. The zero-order valence-electron chi connectivity index (χ0n) is 10.5. The molecule has 0 radical (unpaired) electrons. The Morgan fingerprint density at radius 1 is 1.45 bits per heavy atom. The average Bonchev–Trinajstić information content (AvgIpc) is 2.65. The first kappa shape index (κ1) is 14.8. The Balaban J connectivity index is 2.93. The SMILES string of the molecule is CC(C)c1nc2cc(C(=O)O)c(Cl)cn2c1S(=O)(=O)O. The largest absolute Gasteiger partial charge is 0.478 e. The number of aromatic nitrogens is 2. The van der Waals surface area contributed by atoms with E-state index in [2.05, 4.69) is 4.98 Å². The van der Waals surface area contributed by atoms with Gasteiger partial charge in [0.2, 0.25) is 0 Å². The van der Waals surface area contributed by atoms with Crippen molar-refractivity contribution < 1.29 is 22.9 Å². The molecule has 2 aromatic heterocycles. The first-order valence-electron chi connectivity index (χ1n) is 5.55. The van der Waals surface area contributed by atoms with Crippen LogP contribution in [0.3, 0.4) is 0 Å². The Labute approximate surface area is 119 Å². The van der Waals surface area contributed by atoms with Gasteiger partial charge in [-0.15, -0.1) is 0 Å². The third-order valence-corrected chi connectivity index (χ3v) is 3.91. The van der Waals surface area contributed by atoms with Gasteiger partial charge in [0.15, 0.2) is 5.03 Å². The van der Waals surface area contributed by atoms with Crippen molar-refractivity contribution in [1.29, 1.82) is 0 Å². The lowest BCUT2D eigenvalue weighted by Crippen LogP contribution is -2.07. The Bertz CT molecular complexity index is 810. The number of carboxylic acid groups (broad SMARTS) is 1. The summed E-state index contributed by atoms with van der Waals surface area (Å²) in [5, 5.41) is 8.43. The van der Waals surface area contributed by atoms with Crippen molar-refractivity contribution in [3.63, 3.8) is 0 Å². The number of pyridine rings is 1. The van der Waals surface area contributed by atoms with Crippen molar-refractivity contribution in [2.75, 3.05) is 0 Å². The number of hydrogen-bond acceptors (Lipinski definition) is 4. The lowest BCUT2D eigenvalue weighted by Gasteiger charge is -2.05. The van der Waals surface area contributed by atoms with E-state index in [0.29, 0.717) is 0 Å². The fraction of sp³-hybridized carbons (Fsp3) is 0.273. The summed E-state index contributed by atoms with van der Waals surface area (Å²) in [6.07, 6.45) is 1.11. The van der Waals surface area contributed by atoms with Crippen molar-refractivity contribution >= 4 is 33.3 Å². The molecule has 0 saturated carbocycles. The minimum atomic E-state index is -4.52. The maximum absolute atomic E-state index is 11.5. The van der Waals surface area contributed by atoms with Gasteiger partial charge in [-0.05, 0) is 12.0 Å². The number of fused-ring (bicyclic) bond motifs is 1. The average molecular weight is 319 g/mol. The first-order chi connectivity index (χ1) is 9.12. The van der Waals surface area contributed by atoms with Crippen LogP contribution in [-0.2, 0) is 10.1 Å². The Morgan fingerprint density at radius 2 is 2.05 bits per heavy atom. The molecule has 2 aromatic rings. The molecule has 0 aliphatic carbocycles. The molecule has 0 bridgehead atoms. The molecule has 2 N–H and O–H groups in total. The van der Waals surface area contributed by atoms with Gasteiger partial charge in [0.25, 0.3) is 0 Å². The van der Waals surface area contributed by atoms with E-state index in [1.807, 2.05) is 0 Å². The molecule has 0 atom stereocenters. The van der Waals surface area contributed by atoms with Gasteiger partial charge in [-0.25, -0.2) is 9.78 Å². The van der Waals surface area contributed by atoms with Gasteiger partial charge in [-0.2, -0.15) is 8.42 Å². The van der Waals surface area contributed by atoms with E-state index < -0.39 is 21.1 Å². The molecule has 20 heavy (non-hydrogen) atoms. The van der Waals surface area contributed by atoms with Crippen LogP contribution in [0.4, 0.5) is 0 Å². The molecule has 0 aromatic carbocycles. The molecule has 0 spiro atoms. The van der Waals surface area contributed by atoms with E-state index in [0.717, 1.165) is 16.7 Å². The topological polar surface area (TPSA) is 109 Å². The molecule has 0 saturated heterocycles. The van der Waals surface area contributed by atoms with E-state index in [4.69, 9.17) is 16.7 Å². The highest BCUT2D eigenvalue weighted by Crippen LogP contribution is 2.27. The first-order valence-corrected chi connectivity index (χ1v) is 7.37. The normalized spacial score (nSPS) is 12.2. The van der Waals surface area contributed by atoms with E-state index in [9.17, 15) is 17.8 Å². The van der Waals surface area contributed by atoms with Gasteiger partial charge in [-0.3, -0.25) is 8.95 Å². The van der Waals surface area contributed by atoms with Crippen LogP contribution in [0.25, 0.3) is 5.65 Å². The van der Waals surface area contributed by atoms with E-state index in [1.54, 1.807) is 13.8 Å². The third kappa shape index (κ3) is 2.37. The van der Waals surface area contributed by atoms with Crippen molar-refractivity contribution in [1.82, 2.24) is 9.38 Å². The summed E-state index contributed by atoms with van der Waals surface area (Å²) in [4.78, 5) is 15.1. The summed E-state index contributed by atoms with van der Waals surface area (Å²) in [7, 11) is -4.52. The van der Waals surface area contributed by atoms with E-state index in [-0.39, 0.29) is 27.8 Å². The minimum Gasteiger partial charge on any atom is -0.478 e. The number of carbonyl (C=O) groups is 1. The Kier molecular flexibility index (Phi) is 3.49. The molecule has 108 valence electrons. The number of rotatable bonds is 3. The summed E-state index contributed by atoms with van der Waals surface area (Å²) in [6, 6.07) is 1.16. The van der Waals surface area contributed by atoms with Crippen LogP contribution in [-0.4, -0.2) is 33.4 Å². The molecule has 2 rings (SSSR count). The lowest BCUT2D eigenvalue weighted by atomic mass is 10.2. The van der Waals surface area contributed by atoms with Crippen LogP contribution in [0.2, 0.25) is 5.02 Å². The lowest BCUT2D eigenvalue weighted by molar-refractivity contribution is 0.0697. The van der Waals surface area contributed by atoms with Crippen LogP contribution in [0.15, 0.2) is 17.3 Å². The molecule has 0 amide bonds. The Morgan fingerprint density at radius 3 is 2.50 bits per heavy atom. The van der Waals surface area contributed by atoms with Gasteiger partial charge in [-0.1, -0.05) is 25.4 Å². The maximum atomic E-state index is 11.5. The fourth-order valence-corrected chi connectivity index (χ4v) is 3.03. The quantitative estimate of drug-likeness (QED) is 0.838. The highest BCUT2D eigenvalue weighted by atomic mass is 35.5. The van der Waals surface area contributed by atoms with Crippen molar-refractivity contribution in [3.05, 3.63) is 28.5 Å². The van der Waals surface area contributed by atoms with Gasteiger partial charge < -0.3 is 5.11 Å². The van der Waals surface area contributed by atoms with Crippen molar-refractivity contribution in [2.45, 2.75) is 24.8 Å². The third-order valence-electron chi connectivity index (χ3n) is 2.71. The molecule has 9 heteroatoms. The highest BCUT2D eigenvalue weighted by molar-refractivity contribution is 7.85. The van der Waals surface area contributed by atoms with E-state index in [1.165, 1.54) is 0 Å². The molecule has 2 heterocycles. The predicted octanol–water partition coefficient (Wildman–Crippen LogP) is 2.06. The van der Waals surface area contributed by atoms with Crippen molar-refractivity contribution in [2.24, 2.45) is 0 Å². The molecular weight excluding hydrogens is 308 g/mol. The van der Waals surface area contributed by atoms with Crippen LogP contribution < -0.4 is 0 Å². The summed E-state index contributed by atoms with van der Waals surface area (Å²) in [5.41, 5.74) is 0.0376. The summed E-state index contributed by atoms with van der Waals surface area (Å²) in [5.74, 6) is -1.53. The maximum Gasteiger partial charge on any atom is 0.337 e. The van der Waals surface area contributed by atoms with Crippen molar-refractivity contribution in [3.8, 4) is 0 Å². The second-order valence-corrected chi connectivity index (χ2v) is 6.24. The van der Waals surface area contributed by atoms with Gasteiger partial charge in [0.05, 0.1) is 16.3 Å². The second kappa shape index (κ2) is 4.72. The molecule has 0 aliphatic rings. The number of aromatic carboxylic acids is 1. The van der Waals surface area contributed by atoms with Crippen LogP contribution in [0.5, 0.6) is 0 Å². The van der Waals surface area contributed by atoms with Crippen LogP contribution in [0.1, 0.15) is 35.8 Å².